The Kier molecular flexibility index (Phi) is 5.97. The average Bonchev–Trinajstić information content (AvgIpc) is 2.79. The van der Waals surface area contributed by atoms with Gasteiger partial charge in [-0.3, -0.25) is 14.5 Å². The lowest BCUT2D eigenvalue weighted by molar-refractivity contribution is -0.121. The summed E-state index contributed by atoms with van der Waals surface area (Å²) >= 11 is 6.37. The Morgan fingerprint density at radius 1 is 0.914 bits per heavy atom. The van der Waals surface area contributed by atoms with E-state index < -0.39 is 11.7 Å². The fourth-order valence-corrected chi connectivity index (χ4v) is 5.39. The molecule has 0 fully saturated rings. The van der Waals surface area contributed by atoms with Crippen molar-refractivity contribution >= 4 is 29.0 Å². The molecule has 1 heterocycles. The van der Waals surface area contributed by atoms with Crippen molar-refractivity contribution in [2.45, 2.75) is 39.0 Å². The molecular weight excluding hydrogens is 465 g/mol. The Morgan fingerprint density at radius 2 is 1.60 bits per heavy atom. The summed E-state index contributed by atoms with van der Waals surface area (Å²) in [4.78, 5) is 28.6. The van der Waals surface area contributed by atoms with Crippen LogP contribution in [0.2, 0.25) is 5.02 Å². The third-order valence-corrected chi connectivity index (χ3v) is 6.89. The van der Waals surface area contributed by atoms with Crippen LogP contribution in [0.3, 0.4) is 0 Å². The molecule has 0 spiro atoms. The number of halogens is 2. The van der Waals surface area contributed by atoms with Crippen LogP contribution in [0.25, 0.3) is 0 Å². The highest BCUT2D eigenvalue weighted by Gasteiger charge is 2.45. The first-order valence-electron chi connectivity index (χ1n) is 11.6. The SMILES string of the molecule is CC1(C)CC(=O)C2=C(C1)N(c1ccc(Oc3ccccc3)cc1)C(=O)CC2c1c(F)cccc1Cl. The highest BCUT2D eigenvalue weighted by atomic mass is 35.5. The maximum Gasteiger partial charge on any atom is 0.232 e. The van der Waals surface area contributed by atoms with E-state index in [1.165, 1.54) is 12.1 Å². The lowest BCUT2D eigenvalue weighted by Crippen LogP contribution is -2.44. The van der Waals surface area contributed by atoms with Crippen LogP contribution in [0.1, 0.15) is 44.6 Å². The molecule has 6 heteroatoms. The molecule has 1 aliphatic carbocycles. The summed E-state index contributed by atoms with van der Waals surface area (Å²) in [5.41, 5.74) is 1.65. The lowest BCUT2D eigenvalue weighted by atomic mass is 9.69. The molecule has 2 aliphatic rings. The molecule has 0 saturated heterocycles. The number of benzene rings is 3. The van der Waals surface area contributed by atoms with E-state index in [-0.39, 0.29) is 34.1 Å². The minimum atomic E-state index is -0.702. The van der Waals surface area contributed by atoms with Gasteiger partial charge in [0.1, 0.15) is 17.3 Å². The molecular formula is C29H25ClFNO3. The number of rotatable bonds is 4. The summed E-state index contributed by atoms with van der Waals surface area (Å²) in [5.74, 6) is -0.127. The van der Waals surface area contributed by atoms with Gasteiger partial charge in [0.25, 0.3) is 0 Å². The van der Waals surface area contributed by atoms with E-state index in [4.69, 9.17) is 16.3 Å². The van der Waals surface area contributed by atoms with Crippen LogP contribution < -0.4 is 9.64 Å². The molecule has 1 amide bonds. The Morgan fingerprint density at radius 3 is 2.29 bits per heavy atom. The van der Waals surface area contributed by atoms with E-state index >= 15 is 0 Å². The van der Waals surface area contributed by atoms with Crippen molar-refractivity contribution in [2.75, 3.05) is 4.90 Å². The molecule has 0 aromatic heterocycles. The Bertz CT molecular complexity index is 1310. The monoisotopic (exact) mass is 489 g/mol. The number of allylic oxidation sites excluding steroid dienone is 2. The van der Waals surface area contributed by atoms with E-state index in [2.05, 4.69) is 0 Å². The number of ether oxygens (including phenoxy) is 1. The number of nitrogens with zero attached hydrogens (tertiary/aromatic N) is 1. The number of para-hydroxylation sites is 1. The van der Waals surface area contributed by atoms with Crippen molar-refractivity contribution in [3.05, 3.63) is 100 Å². The third kappa shape index (κ3) is 4.48. The van der Waals surface area contributed by atoms with Gasteiger partial charge in [-0.05, 0) is 60.4 Å². The molecule has 35 heavy (non-hydrogen) atoms. The molecule has 0 radical (unpaired) electrons. The van der Waals surface area contributed by atoms with E-state index in [0.29, 0.717) is 41.3 Å². The molecule has 1 aliphatic heterocycles. The van der Waals surface area contributed by atoms with Crippen LogP contribution in [-0.2, 0) is 9.59 Å². The molecule has 3 aromatic rings. The van der Waals surface area contributed by atoms with Crippen LogP contribution in [0.15, 0.2) is 84.1 Å². The first-order chi connectivity index (χ1) is 16.7. The second kappa shape index (κ2) is 8.97. The number of carbonyl (C=O) groups is 2. The van der Waals surface area contributed by atoms with Gasteiger partial charge in [0.2, 0.25) is 5.91 Å². The second-order valence-electron chi connectivity index (χ2n) is 9.83. The fraction of sp³-hybridized carbons (Fsp3) is 0.241. The predicted molar refractivity (Wildman–Crippen MR) is 134 cm³/mol. The second-order valence-corrected chi connectivity index (χ2v) is 10.2. The highest BCUT2D eigenvalue weighted by molar-refractivity contribution is 6.31. The van der Waals surface area contributed by atoms with Gasteiger partial charge in [-0.15, -0.1) is 0 Å². The number of anilines is 1. The van der Waals surface area contributed by atoms with Crippen molar-refractivity contribution in [2.24, 2.45) is 5.41 Å². The molecule has 1 atom stereocenters. The Labute approximate surface area is 209 Å². The average molecular weight is 490 g/mol. The Balaban J connectivity index is 1.57. The van der Waals surface area contributed by atoms with Gasteiger partial charge in [-0.2, -0.15) is 0 Å². The van der Waals surface area contributed by atoms with Gasteiger partial charge in [0.15, 0.2) is 5.78 Å². The van der Waals surface area contributed by atoms with Crippen LogP contribution in [0, 0.1) is 11.2 Å². The molecule has 0 bridgehead atoms. The summed E-state index contributed by atoms with van der Waals surface area (Å²) in [7, 11) is 0. The first kappa shape index (κ1) is 23.3. The van der Waals surface area contributed by atoms with Gasteiger partial charge in [0.05, 0.1) is 0 Å². The van der Waals surface area contributed by atoms with Crippen molar-refractivity contribution < 1.29 is 18.7 Å². The molecule has 4 nitrogen and oxygen atoms in total. The third-order valence-electron chi connectivity index (χ3n) is 6.56. The van der Waals surface area contributed by atoms with Crippen LogP contribution >= 0.6 is 11.6 Å². The van der Waals surface area contributed by atoms with Crippen molar-refractivity contribution in [1.82, 2.24) is 0 Å². The normalized spacial score (nSPS) is 19.5. The number of carbonyl (C=O) groups excluding carboxylic acids is 2. The first-order valence-corrected chi connectivity index (χ1v) is 12.0. The van der Waals surface area contributed by atoms with Crippen molar-refractivity contribution in [1.29, 1.82) is 0 Å². The van der Waals surface area contributed by atoms with Gasteiger partial charge < -0.3 is 4.74 Å². The van der Waals surface area contributed by atoms with Crippen LogP contribution in [0.4, 0.5) is 10.1 Å². The van der Waals surface area contributed by atoms with Gasteiger partial charge in [0, 0.05) is 46.3 Å². The van der Waals surface area contributed by atoms with Crippen molar-refractivity contribution in [3.63, 3.8) is 0 Å². The zero-order valence-electron chi connectivity index (χ0n) is 19.6. The van der Waals surface area contributed by atoms with Crippen molar-refractivity contribution in [3.8, 4) is 11.5 Å². The van der Waals surface area contributed by atoms with Gasteiger partial charge >= 0.3 is 0 Å². The largest absolute Gasteiger partial charge is 0.457 e. The zero-order chi connectivity index (χ0) is 24.7. The number of ketones is 1. The summed E-state index contributed by atoms with van der Waals surface area (Å²) in [6.07, 6.45) is 0.818. The number of amides is 1. The standard InChI is InChI=1S/C29H25ClFNO3/c1-29(2)16-24-28(25(33)17-29)21(27-22(30)9-6-10-23(27)31)15-26(34)32(24)18-11-13-20(14-12-18)35-19-7-4-3-5-8-19/h3-14,21H,15-17H2,1-2H3. The molecule has 3 aromatic carbocycles. The maximum absolute atomic E-state index is 14.9. The number of hydrogen-bond acceptors (Lipinski definition) is 3. The van der Waals surface area contributed by atoms with Crippen LogP contribution in [-0.4, -0.2) is 11.7 Å². The van der Waals surface area contributed by atoms with E-state index in [1.807, 2.05) is 56.3 Å². The van der Waals surface area contributed by atoms with E-state index in [9.17, 15) is 14.0 Å². The molecule has 178 valence electrons. The highest BCUT2D eigenvalue weighted by Crippen LogP contribution is 2.49. The minimum absolute atomic E-state index is 0.0338. The van der Waals surface area contributed by atoms with Crippen LogP contribution in [0.5, 0.6) is 11.5 Å². The number of Topliss-reactive ketones (excluding diaryl/α,β-unsaturated/α-hetero) is 1. The lowest BCUT2D eigenvalue weighted by Gasteiger charge is -2.43. The molecule has 5 rings (SSSR count). The molecule has 0 saturated carbocycles. The number of hydrogen-bond donors (Lipinski definition) is 0. The summed E-state index contributed by atoms with van der Waals surface area (Å²) < 4.78 is 20.8. The molecule has 1 unspecified atom stereocenters. The zero-order valence-corrected chi connectivity index (χ0v) is 20.3. The van der Waals surface area contributed by atoms with E-state index in [1.54, 1.807) is 23.1 Å². The quantitative estimate of drug-likeness (QED) is 0.382. The molecule has 0 N–H and O–H groups in total. The minimum Gasteiger partial charge on any atom is -0.457 e. The maximum atomic E-state index is 14.9. The smallest absolute Gasteiger partial charge is 0.232 e. The topological polar surface area (TPSA) is 46.6 Å². The summed E-state index contributed by atoms with van der Waals surface area (Å²) in [6, 6.07) is 21.1. The van der Waals surface area contributed by atoms with Gasteiger partial charge in [-0.1, -0.05) is 49.7 Å². The van der Waals surface area contributed by atoms with E-state index in [0.717, 1.165) is 0 Å². The predicted octanol–water partition coefficient (Wildman–Crippen LogP) is 7.44. The fourth-order valence-electron chi connectivity index (χ4n) is 5.09. The summed E-state index contributed by atoms with van der Waals surface area (Å²) in [6.45, 7) is 4.02. The van der Waals surface area contributed by atoms with Gasteiger partial charge in [-0.25, -0.2) is 4.39 Å². The Hall–Kier alpha value is -3.44. The summed E-state index contributed by atoms with van der Waals surface area (Å²) in [5, 5.41) is 0.225.